The molecule has 3 rings (SSSR count). The SMILES string of the molecule is O=c1nc2cccccc-2n1-c1ccc(Cl)cc1. The van der Waals surface area contributed by atoms with Crippen LogP contribution in [0.2, 0.25) is 5.02 Å². The lowest BCUT2D eigenvalue weighted by atomic mass is 10.2. The van der Waals surface area contributed by atoms with Crippen LogP contribution >= 0.6 is 11.6 Å². The second-order valence-electron chi connectivity index (χ2n) is 3.89. The molecule has 0 saturated heterocycles. The van der Waals surface area contributed by atoms with Gasteiger partial charge in [-0.25, -0.2) is 4.79 Å². The predicted molar refractivity (Wildman–Crippen MR) is 71.5 cm³/mol. The lowest BCUT2D eigenvalue weighted by Gasteiger charge is -2.04. The third-order valence-electron chi connectivity index (χ3n) is 2.73. The monoisotopic (exact) mass is 256 g/mol. The molecule has 0 amide bonds. The van der Waals surface area contributed by atoms with Crippen LogP contribution in [-0.2, 0) is 0 Å². The van der Waals surface area contributed by atoms with Crippen LogP contribution in [0.25, 0.3) is 17.1 Å². The second kappa shape index (κ2) is 4.27. The largest absolute Gasteiger partial charge is 0.353 e. The normalized spacial score (nSPS) is 10.7. The lowest BCUT2D eigenvalue weighted by Crippen LogP contribution is -2.14. The zero-order valence-corrected chi connectivity index (χ0v) is 10.1. The molecule has 0 bridgehead atoms. The maximum atomic E-state index is 11.9. The fraction of sp³-hybridized carbons (Fsp3) is 0. The van der Waals surface area contributed by atoms with E-state index >= 15 is 0 Å². The molecule has 18 heavy (non-hydrogen) atoms. The first-order valence-corrected chi connectivity index (χ1v) is 5.87. The Morgan fingerprint density at radius 2 is 1.67 bits per heavy atom. The van der Waals surface area contributed by atoms with Crippen molar-refractivity contribution in [2.75, 3.05) is 0 Å². The third-order valence-corrected chi connectivity index (χ3v) is 2.98. The van der Waals surface area contributed by atoms with E-state index in [2.05, 4.69) is 4.98 Å². The number of fused-ring (bicyclic) bond motifs is 1. The number of halogens is 1. The van der Waals surface area contributed by atoms with E-state index in [-0.39, 0.29) is 5.69 Å². The highest BCUT2D eigenvalue weighted by molar-refractivity contribution is 6.30. The van der Waals surface area contributed by atoms with E-state index in [1.165, 1.54) is 0 Å². The summed E-state index contributed by atoms with van der Waals surface area (Å²) in [6, 6.07) is 16.5. The molecule has 0 aromatic heterocycles. The summed E-state index contributed by atoms with van der Waals surface area (Å²) >= 11 is 5.85. The Hall–Kier alpha value is -2.13. The molecule has 88 valence electrons. The van der Waals surface area contributed by atoms with E-state index in [1.807, 2.05) is 30.3 Å². The van der Waals surface area contributed by atoms with Gasteiger partial charge in [-0.1, -0.05) is 29.8 Å². The van der Waals surface area contributed by atoms with Crippen molar-refractivity contribution >= 4 is 11.6 Å². The summed E-state index contributed by atoms with van der Waals surface area (Å²) in [6.07, 6.45) is 0. The molecule has 2 aliphatic rings. The average Bonchev–Trinajstić information content (AvgIpc) is 2.54. The van der Waals surface area contributed by atoms with Gasteiger partial charge in [0.15, 0.2) is 0 Å². The summed E-state index contributed by atoms with van der Waals surface area (Å²) in [6.45, 7) is 0. The van der Waals surface area contributed by atoms with Gasteiger partial charge < -0.3 is 0 Å². The Balaban J connectivity index is 2.29. The number of aromatic nitrogens is 2. The molecule has 0 spiro atoms. The van der Waals surface area contributed by atoms with Gasteiger partial charge in [0, 0.05) is 5.02 Å². The van der Waals surface area contributed by atoms with Gasteiger partial charge in [0.25, 0.3) is 0 Å². The first-order valence-electron chi connectivity index (χ1n) is 5.49. The van der Waals surface area contributed by atoms with Crippen molar-refractivity contribution in [3.8, 4) is 17.1 Å². The predicted octanol–water partition coefficient (Wildman–Crippen LogP) is 2.99. The first kappa shape index (κ1) is 11.0. The molecule has 0 atom stereocenters. The highest BCUT2D eigenvalue weighted by Gasteiger charge is 2.13. The van der Waals surface area contributed by atoms with Crippen LogP contribution in [0.3, 0.4) is 0 Å². The molecule has 0 N–H and O–H groups in total. The van der Waals surface area contributed by atoms with Gasteiger partial charge in [0.05, 0.1) is 17.1 Å². The minimum absolute atomic E-state index is 0.279. The van der Waals surface area contributed by atoms with Crippen LogP contribution in [0.4, 0.5) is 0 Å². The maximum Gasteiger partial charge on any atom is 0.353 e. The molecular weight excluding hydrogens is 248 g/mol. The van der Waals surface area contributed by atoms with Crippen LogP contribution < -0.4 is 5.69 Å². The van der Waals surface area contributed by atoms with E-state index in [0.717, 1.165) is 11.4 Å². The topological polar surface area (TPSA) is 34.9 Å². The van der Waals surface area contributed by atoms with Gasteiger partial charge in [0.2, 0.25) is 0 Å². The van der Waals surface area contributed by atoms with E-state index in [0.29, 0.717) is 10.7 Å². The Bertz CT molecular complexity index is 719. The van der Waals surface area contributed by atoms with E-state index in [9.17, 15) is 4.79 Å². The molecule has 1 aliphatic carbocycles. The van der Waals surface area contributed by atoms with E-state index in [4.69, 9.17) is 11.6 Å². The number of benzene rings is 1. The Morgan fingerprint density at radius 1 is 0.944 bits per heavy atom. The summed E-state index contributed by atoms with van der Waals surface area (Å²) < 4.78 is 1.58. The molecule has 0 fully saturated rings. The fourth-order valence-electron chi connectivity index (χ4n) is 1.91. The molecule has 0 radical (unpaired) electrons. The van der Waals surface area contributed by atoms with Crippen molar-refractivity contribution < 1.29 is 0 Å². The van der Waals surface area contributed by atoms with Crippen LogP contribution in [0.5, 0.6) is 0 Å². The van der Waals surface area contributed by atoms with Crippen LogP contribution in [0.15, 0.2) is 59.4 Å². The highest BCUT2D eigenvalue weighted by Crippen LogP contribution is 2.21. The Labute approximate surface area is 109 Å². The molecule has 4 heteroatoms. The van der Waals surface area contributed by atoms with Crippen molar-refractivity contribution in [3.63, 3.8) is 0 Å². The summed E-state index contributed by atoms with van der Waals surface area (Å²) in [4.78, 5) is 16.0. The fourth-order valence-corrected chi connectivity index (χ4v) is 2.03. The van der Waals surface area contributed by atoms with Crippen LogP contribution in [-0.4, -0.2) is 9.55 Å². The van der Waals surface area contributed by atoms with Gasteiger partial charge in [-0.3, -0.25) is 4.57 Å². The third kappa shape index (κ3) is 1.79. The molecule has 1 heterocycles. The maximum absolute atomic E-state index is 11.9. The number of nitrogens with zero attached hydrogens (tertiary/aromatic N) is 2. The van der Waals surface area contributed by atoms with E-state index in [1.54, 1.807) is 28.8 Å². The van der Waals surface area contributed by atoms with Gasteiger partial charge >= 0.3 is 5.69 Å². The minimum Gasteiger partial charge on any atom is -0.259 e. The lowest BCUT2D eigenvalue weighted by molar-refractivity contribution is 1.00. The second-order valence-corrected chi connectivity index (χ2v) is 4.32. The zero-order chi connectivity index (χ0) is 12.5. The van der Waals surface area contributed by atoms with Gasteiger partial charge in [-0.15, -0.1) is 0 Å². The smallest absolute Gasteiger partial charge is 0.259 e. The van der Waals surface area contributed by atoms with Crippen molar-refractivity contribution in [1.82, 2.24) is 9.55 Å². The molecule has 3 nitrogen and oxygen atoms in total. The summed E-state index contributed by atoms with van der Waals surface area (Å²) in [5.74, 6) is 0. The summed E-state index contributed by atoms with van der Waals surface area (Å²) in [5, 5.41) is 0.640. The molecular formula is C14H9ClN2O. The number of imidazole rings is 1. The number of hydrogen-bond acceptors (Lipinski definition) is 2. The van der Waals surface area contributed by atoms with Crippen molar-refractivity contribution in [1.29, 1.82) is 0 Å². The van der Waals surface area contributed by atoms with Crippen LogP contribution in [0.1, 0.15) is 0 Å². The zero-order valence-electron chi connectivity index (χ0n) is 9.38. The Morgan fingerprint density at radius 3 is 2.44 bits per heavy atom. The van der Waals surface area contributed by atoms with Crippen molar-refractivity contribution in [2.45, 2.75) is 0 Å². The van der Waals surface area contributed by atoms with Gasteiger partial charge in [0.1, 0.15) is 0 Å². The Kier molecular flexibility index (Phi) is 2.61. The standard InChI is InChI=1S/C14H9ClN2O/c15-10-6-8-11(9-7-10)17-13-5-3-1-2-4-12(13)16-14(17)18/h1-9H. The summed E-state index contributed by atoms with van der Waals surface area (Å²) in [5.41, 5.74) is 1.95. The van der Waals surface area contributed by atoms with Crippen molar-refractivity contribution in [2.24, 2.45) is 0 Å². The molecule has 1 aliphatic heterocycles. The average molecular weight is 257 g/mol. The molecule has 1 aromatic carbocycles. The quantitative estimate of drug-likeness (QED) is 0.671. The number of hydrogen-bond donors (Lipinski definition) is 0. The van der Waals surface area contributed by atoms with Crippen LogP contribution in [0, 0.1) is 0 Å². The van der Waals surface area contributed by atoms with E-state index < -0.39 is 0 Å². The van der Waals surface area contributed by atoms with Gasteiger partial charge in [-0.2, -0.15) is 4.98 Å². The first-order chi connectivity index (χ1) is 8.75. The summed E-state index contributed by atoms with van der Waals surface area (Å²) in [7, 11) is 0. The van der Waals surface area contributed by atoms with Crippen molar-refractivity contribution in [3.05, 3.63) is 70.1 Å². The van der Waals surface area contributed by atoms with Gasteiger partial charge in [-0.05, 0) is 36.4 Å². The molecule has 0 saturated carbocycles. The molecule has 1 aromatic rings. The highest BCUT2D eigenvalue weighted by atomic mass is 35.5. The number of rotatable bonds is 1. The molecule has 0 unspecified atom stereocenters. The minimum atomic E-state index is -0.279.